The van der Waals surface area contributed by atoms with E-state index in [9.17, 15) is 34.8 Å². The van der Waals surface area contributed by atoms with Crippen molar-refractivity contribution in [1.29, 1.82) is 0 Å². The minimum Gasteiger partial charge on any atom is -0.224 e. The molecular formula is C10H7BrF6O2S. The van der Waals surface area contributed by atoms with Crippen LogP contribution in [0, 0.1) is 0 Å². The topological polar surface area (TPSA) is 34.1 Å². The van der Waals surface area contributed by atoms with Crippen molar-refractivity contribution in [3.63, 3.8) is 0 Å². The second-order valence-electron chi connectivity index (χ2n) is 3.81. The lowest BCUT2D eigenvalue weighted by Gasteiger charge is -2.14. The SMILES string of the molecule is O=S(=O)(CC(Br)C(F)(F)F)c1ccc(C(F)(F)F)cc1. The molecule has 0 aliphatic heterocycles. The van der Waals surface area contributed by atoms with Crippen molar-refractivity contribution in [3.05, 3.63) is 29.8 Å². The van der Waals surface area contributed by atoms with E-state index in [0.29, 0.717) is 24.3 Å². The molecule has 0 bridgehead atoms. The Kier molecular flexibility index (Phi) is 4.79. The van der Waals surface area contributed by atoms with Crippen molar-refractivity contribution in [2.45, 2.75) is 22.1 Å². The van der Waals surface area contributed by atoms with Crippen LogP contribution in [0.25, 0.3) is 0 Å². The zero-order valence-corrected chi connectivity index (χ0v) is 11.9. The molecule has 1 aromatic rings. The maximum Gasteiger partial charge on any atom is 0.416 e. The molecule has 0 N–H and O–H groups in total. The predicted molar refractivity (Wildman–Crippen MR) is 62.3 cm³/mol. The van der Waals surface area contributed by atoms with E-state index in [2.05, 4.69) is 15.9 Å². The van der Waals surface area contributed by atoms with Crippen molar-refractivity contribution in [1.82, 2.24) is 0 Å². The van der Waals surface area contributed by atoms with Crippen molar-refractivity contribution >= 4 is 25.8 Å². The van der Waals surface area contributed by atoms with Gasteiger partial charge in [-0.2, -0.15) is 26.3 Å². The van der Waals surface area contributed by atoms with Crippen LogP contribution in [0.5, 0.6) is 0 Å². The molecule has 0 amide bonds. The first kappa shape index (κ1) is 17.3. The molecule has 20 heavy (non-hydrogen) atoms. The van der Waals surface area contributed by atoms with Crippen LogP contribution in [0.3, 0.4) is 0 Å². The smallest absolute Gasteiger partial charge is 0.224 e. The molecule has 2 nitrogen and oxygen atoms in total. The van der Waals surface area contributed by atoms with E-state index in [1.54, 1.807) is 0 Å². The summed E-state index contributed by atoms with van der Waals surface area (Å²) in [5.41, 5.74) is -1.08. The summed E-state index contributed by atoms with van der Waals surface area (Å²) in [6.07, 6.45) is -9.41. The Balaban J connectivity index is 3.00. The van der Waals surface area contributed by atoms with Crippen LogP contribution in [0.4, 0.5) is 26.3 Å². The highest BCUT2D eigenvalue weighted by Crippen LogP contribution is 2.31. The molecule has 114 valence electrons. The minimum atomic E-state index is -4.76. The molecule has 0 fully saturated rings. The van der Waals surface area contributed by atoms with Gasteiger partial charge in [0, 0.05) is 0 Å². The van der Waals surface area contributed by atoms with Gasteiger partial charge in [-0.3, -0.25) is 0 Å². The quantitative estimate of drug-likeness (QED) is 0.586. The van der Waals surface area contributed by atoms with Crippen LogP contribution in [0.2, 0.25) is 0 Å². The first-order chi connectivity index (χ1) is 8.84. The number of rotatable bonds is 3. The summed E-state index contributed by atoms with van der Waals surface area (Å²) in [5, 5.41) is 0. The Bertz CT molecular complexity index is 561. The van der Waals surface area contributed by atoms with Gasteiger partial charge < -0.3 is 0 Å². The van der Waals surface area contributed by atoms with Crippen LogP contribution in [-0.2, 0) is 16.0 Å². The third-order valence-electron chi connectivity index (χ3n) is 2.26. The summed E-state index contributed by atoms with van der Waals surface area (Å²) in [4.78, 5) is -2.89. The van der Waals surface area contributed by atoms with Gasteiger partial charge in [-0.1, -0.05) is 15.9 Å². The highest BCUT2D eigenvalue weighted by Gasteiger charge is 2.41. The molecule has 0 saturated carbocycles. The van der Waals surface area contributed by atoms with E-state index in [1.165, 1.54) is 0 Å². The van der Waals surface area contributed by atoms with Crippen molar-refractivity contribution in [2.75, 3.05) is 5.75 Å². The molecule has 1 aromatic carbocycles. The Morgan fingerprint density at radius 3 is 1.80 bits per heavy atom. The fourth-order valence-electron chi connectivity index (χ4n) is 1.23. The number of hydrogen-bond donors (Lipinski definition) is 0. The summed E-state index contributed by atoms with van der Waals surface area (Å²) in [7, 11) is -4.34. The van der Waals surface area contributed by atoms with E-state index >= 15 is 0 Å². The van der Waals surface area contributed by atoms with Gasteiger partial charge in [0.25, 0.3) is 0 Å². The molecule has 0 spiro atoms. The van der Waals surface area contributed by atoms with E-state index < -0.39 is 43.2 Å². The average molecular weight is 385 g/mol. The second-order valence-corrected chi connectivity index (χ2v) is 6.95. The van der Waals surface area contributed by atoms with Gasteiger partial charge in [-0.15, -0.1) is 0 Å². The summed E-state index contributed by atoms with van der Waals surface area (Å²) >= 11 is 2.19. The van der Waals surface area contributed by atoms with Crippen molar-refractivity contribution < 1.29 is 34.8 Å². The Hall–Kier alpha value is -0.770. The van der Waals surface area contributed by atoms with Crippen LogP contribution in [-0.4, -0.2) is 25.2 Å². The molecule has 10 heteroatoms. The third kappa shape index (κ3) is 4.37. The molecule has 0 aliphatic rings. The van der Waals surface area contributed by atoms with Gasteiger partial charge in [0.05, 0.1) is 16.2 Å². The molecule has 0 saturated heterocycles. The van der Waals surface area contributed by atoms with Crippen molar-refractivity contribution in [2.24, 2.45) is 0 Å². The third-order valence-corrected chi connectivity index (χ3v) is 5.30. The largest absolute Gasteiger partial charge is 0.416 e. The standard InChI is InChI=1S/C10H7BrF6O2S/c11-8(10(15,16)17)5-20(18,19)7-3-1-6(2-4-7)9(12,13)14/h1-4,8H,5H2. The maximum absolute atomic E-state index is 12.3. The van der Waals surface area contributed by atoms with E-state index in [0.717, 1.165) is 0 Å². The Morgan fingerprint density at radius 1 is 1.00 bits per heavy atom. The summed E-state index contributed by atoms with van der Waals surface area (Å²) in [5.74, 6) is -1.29. The number of benzene rings is 1. The van der Waals surface area contributed by atoms with Gasteiger partial charge in [-0.05, 0) is 24.3 Å². The number of sulfone groups is 1. The summed E-state index contributed by atoms with van der Waals surface area (Å²) < 4.78 is 96.9. The summed E-state index contributed by atoms with van der Waals surface area (Å²) in [6, 6.07) is 2.27. The number of hydrogen-bond acceptors (Lipinski definition) is 2. The van der Waals surface area contributed by atoms with E-state index in [4.69, 9.17) is 0 Å². The zero-order valence-electron chi connectivity index (χ0n) is 9.46. The molecule has 1 unspecified atom stereocenters. The molecule has 0 heterocycles. The lowest BCUT2D eigenvalue weighted by atomic mass is 10.2. The fraction of sp³-hybridized carbons (Fsp3) is 0.400. The highest BCUT2D eigenvalue weighted by molar-refractivity contribution is 9.09. The lowest BCUT2D eigenvalue weighted by Crippen LogP contribution is -2.30. The average Bonchev–Trinajstić information content (AvgIpc) is 2.26. The Labute approximate surface area is 118 Å². The van der Waals surface area contributed by atoms with Gasteiger partial charge in [0.15, 0.2) is 9.84 Å². The molecule has 1 atom stereocenters. The predicted octanol–water partition coefficient (Wildman–Crippen LogP) is 3.80. The number of alkyl halides is 7. The first-order valence-corrected chi connectivity index (χ1v) is 7.51. The lowest BCUT2D eigenvalue weighted by molar-refractivity contribution is -0.137. The Morgan fingerprint density at radius 2 is 1.45 bits per heavy atom. The molecule has 0 aromatic heterocycles. The minimum absolute atomic E-state index is 0.504. The van der Waals surface area contributed by atoms with E-state index in [1.807, 2.05) is 0 Å². The van der Waals surface area contributed by atoms with Gasteiger partial charge >= 0.3 is 12.4 Å². The molecule has 0 radical (unpaired) electrons. The normalized spacial score (nSPS) is 15.2. The van der Waals surface area contributed by atoms with Crippen LogP contribution in [0.15, 0.2) is 29.2 Å². The number of halogens is 7. The van der Waals surface area contributed by atoms with Crippen LogP contribution < -0.4 is 0 Å². The summed E-state index contributed by atoms with van der Waals surface area (Å²) in [6.45, 7) is 0. The van der Waals surface area contributed by atoms with Gasteiger partial charge in [0.2, 0.25) is 0 Å². The fourth-order valence-corrected chi connectivity index (χ4v) is 3.60. The second kappa shape index (κ2) is 5.55. The monoisotopic (exact) mass is 384 g/mol. The van der Waals surface area contributed by atoms with Gasteiger partial charge in [-0.25, -0.2) is 8.42 Å². The van der Waals surface area contributed by atoms with Crippen molar-refractivity contribution in [3.8, 4) is 0 Å². The molecular weight excluding hydrogens is 378 g/mol. The highest BCUT2D eigenvalue weighted by atomic mass is 79.9. The van der Waals surface area contributed by atoms with Crippen LogP contribution >= 0.6 is 15.9 Å². The molecule has 0 aliphatic carbocycles. The van der Waals surface area contributed by atoms with E-state index in [-0.39, 0.29) is 0 Å². The first-order valence-electron chi connectivity index (χ1n) is 4.95. The van der Waals surface area contributed by atoms with Crippen LogP contribution in [0.1, 0.15) is 5.56 Å². The molecule has 1 rings (SSSR count). The maximum atomic E-state index is 12.3. The zero-order chi connectivity index (χ0) is 15.8. The van der Waals surface area contributed by atoms with Gasteiger partial charge in [0.1, 0.15) is 4.83 Å².